The predicted molar refractivity (Wildman–Crippen MR) is 80.3 cm³/mol. The van der Waals surface area contributed by atoms with E-state index in [0.717, 1.165) is 19.6 Å². The van der Waals surface area contributed by atoms with Gasteiger partial charge in [0.2, 0.25) is 0 Å². The molecule has 6 heteroatoms. The van der Waals surface area contributed by atoms with Gasteiger partial charge >= 0.3 is 6.61 Å². The number of rotatable bonds is 5. The summed E-state index contributed by atoms with van der Waals surface area (Å²) in [5.74, 6) is 0.273. The van der Waals surface area contributed by atoms with Crippen LogP contribution in [-0.4, -0.2) is 55.0 Å². The maximum atomic E-state index is 12.5. The zero-order valence-electron chi connectivity index (χ0n) is 13.0. The highest BCUT2D eigenvalue weighted by Gasteiger charge is 2.25. The third-order valence-electron chi connectivity index (χ3n) is 3.62. The Morgan fingerprint density at radius 3 is 2.41 bits per heavy atom. The van der Waals surface area contributed by atoms with Crippen molar-refractivity contribution in [2.24, 2.45) is 5.92 Å². The molecule has 0 bridgehead atoms. The first-order valence-electron chi connectivity index (χ1n) is 7.53. The Morgan fingerprint density at radius 2 is 1.82 bits per heavy atom. The van der Waals surface area contributed by atoms with Crippen LogP contribution in [0.2, 0.25) is 0 Å². The summed E-state index contributed by atoms with van der Waals surface area (Å²) in [4.78, 5) is 16.5. The minimum Gasteiger partial charge on any atom is -0.434 e. The Labute approximate surface area is 129 Å². The number of nitrogens with zero attached hydrogens (tertiary/aromatic N) is 2. The first-order valence-corrected chi connectivity index (χ1v) is 7.53. The number of carbonyl (C=O) groups excluding carboxylic acids is 1. The fourth-order valence-corrected chi connectivity index (χ4v) is 2.66. The van der Waals surface area contributed by atoms with Crippen LogP contribution in [0.1, 0.15) is 24.2 Å². The monoisotopic (exact) mass is 312 g/mol. The van der Waals surface area contributed by atoms with Crippen LogP contribution in [0, 0.1) is 5.92 Å². The van der Waals surface area contributed by atoms with E-state index in [2.05, 4.69) is 23.5 Å². The fraction of sp³-hybridized carbons (Fsp3) is 0.562. The smallest absolute Gasteiger partial charge is 0.387 e. The molecule has 0 unspecified atom stereocenters. The molecular weight excluding hydrogens is 290 g/mol. The molecule has 0 aliphatic carbocycles. The van der Waals surface area contributed by atoms with Gasteiger partial charge in [-0.3, -0.25) is 9.69 Å². The average molecular weight is 312 g/mol. The number of amides is 1. The van der Waals surface area contributed by atoms with Gasteiger partial charge in [-0.25, -0.2) is 0 Å². The third kappa shape index (κ3) is 4.40. The lowest BCUT2D eigenvalue weighted by atomic mass is 10.1. The molecule has 2 rings (SSSR count). The van der Waals surface area contributed by atoms with E-state index in [4.69, 9.17) is 0 Å². The van der Waals surface area contributed by atoms with Crippen LogP contribution in [0.3, 0.4) is 0 Å². The number of hydrogen-bond donors (Lipinski definition) is 0. The minimum absolute atomic E-state index is 0.0629. The highest BCUT2D eigenvalue weighted by molar-refractivity contribution is 5.97. The Hall–Kier alpha value is -1.69. The van der Waals surface area contributed by atoms with Gasteiger partial charge < -0.3 is 9.64 Å². The van der Waals surface area contributed by atoms with Gasteiger partial charge in [-0.05, 0) is 18.1 Å². The van der Waals surface area contributed by atoms with E-state index in [9.17, 15) is 13.6 Å². The highest BCUT2D eigenvalue weighted by atomic mass is 19.3. The lowest BCUT2D eigenvalue weighted by Gasteiger charge is -2.35. The van der Waals surface area contributed by atoms with Crippen molar-refractivity contribution < 1.29 is 18.3 Å². The quantitative estimate of drug-likeness (QED) is 0.838. The Balaban J connectivity index is 2.01. The maximum absolute atomic E-state index is 12.5. The Bertz CT molecular complexity index is 501. The zero-order chi connectivity index (χ0) is 16.1. The summed E-state index contributed by atoms with van der Waals surface area (Å²) in [6, 6.07) is 6.16. The molecule has 1 amide bonds. The van der Waals surface area contributed by atoms with Crippen molar-refractivity contribution in [2.45, 2.75) is 20.5 Å². The number of ether oxygens (including phenoxy) is 1. The molecule has 0 N–H and O–H groups in total. The third-order valence-corrected chi connectivity index (χ3v) is 3.62. The topological polar surface area (TPSA) is 32.8 Å². The molecule has 1 aliphatic heterocycles. The summed E-state index contributed by atoms with van der Waals surface area (Å²) in [5.41, 5.74) is 0.195. The van der Waals surface area contributed by atoms with Crippen LogP contribution in [0.4, 0.5) is 8.78 Å². The lowest BCUT2D eigenvalue weighted by Crippen LogP contribution is -2.49. The predicted octanol–water partition coefficient (Wildman–Crippen LogP) is 2.70. The normalized spacial score (nSPS) is 16.4. The van der Waals surface area contributed by atoms with Gasteiger partial charge in [0, 0.05) is 32.7 Å². The second kappa shape index (κ2) is 7.54. The van der Waals surface area contributed by atoms with E-state index < -0.39 is 6.61 Å². The molecule has 0 radical (unpaired) electrons. The summed E-state index contributed by atoms with van der Waals surface area (Å²) in [6.07, 6.45) is 0. The number of halogens is 2. The van der Waals surface area contributed by atoms with Crippen LogP contribution in [0.15, 0.2) is 24.3 Å². The van der Waals surface area contributed by atoms with Gasteiger partial charge in [0.25, 0.3) is 5.91 Å². The van der Waals surface area contributed by atoms with Gasteiger partial charge in [0.1, 0.15) is 5.75 Å². The summed E-state index contributed by atoms with van der Waals surface area (Å²) in [7, 11) is 0. The lowest BCUT2D eigenvalue weighted by molar-refractivity contribution is -0.0503. The van der Waals surface area contributed by atoms with Crippen LogP contribution in [0.25, 0.3) is 0 Å². The van der Waals surface area contributed by atoms with E-state index in [1.807, 2.05) is 0 Å². The molecule has 22 heavy (non-hydrogen) atoms. The van der Waals surface area contributed by atoms with E-state index in [1.54, 1.807) is 17.0 Å². The average Bonchev–Trinajstić information content (AvgIpc) is 2.47. The zero-order valence-corrected chi connectivity index (χ0v) is 13.0. The largest absolute Gasteiger partial charge is 0.434 e. The van der Waals surface area contributed by atoms with Crippen LogP contribution >= 0.6 is 0 Å². The van der Waals surface area contributed by atoms with Crippen molar-refractivity contribution in [3.8, 4) is 5.75 Å². The van der Waals surface area contributed by atoms with E-state index >= 15 is 0 Å². The molecule has 4 nitrogen and oxygen atoms in total. The molecule has 0 atom stereocenters. The van der Waals surface area contributed by atoms with Crippen molar-refractivity contribution in [2.75, 3.05) is 32.7 Å². The molecule has 1 aromatic carbocycles. The first kappa shape index (κ1) is 16.7. The molecule has 0 aromatic heterocycles. The van der Waals surface area contributed by atoms with Crippen molar-refractivity contribution in [3.05, 3.63) is 29.8 Å². The van der Waals surface area contributed by atoms with Crippen molar-refractivity contribution in [1.29, 1.82) is 0 Å². The molecule has 0 saturated carbocycles. The molecule has 1 aromatic rings. The number of piperazine rings is 1. The van der Waals surface area contributed by atoms with Crippen molar-refractivity contribution >= 4 is 5.91 Å². The standard InChI is InChI=1S/C16H22F2N2O2/c1-12(2)11-19-7-9-20(10-8-19)15(21)13-5-3-4-6-14(13)22-16(17)18/h3-6,12,16H,7-11H2,1-2H3. The highest BCUT2D eigenvalue weighted by Crippen LogP contribution is 2.22. The minimum atomic E-state index is -2.93. The number of hydrogen-bond acceptors (Lipinski definition) is 3. The van der Waals surface area contributed by atoms with Crippen molar-refractivity contribution in [3.63, 3.8) is 0 Å². The maximum Gasteiger partial charge on any atom is 0.387 e. The molecule has 1 saturated heterocycles. The van der Waals surface area contributed by atoms with Gasteiger partial charge in [0.15, 0.2) is 0 Å². The summed E-state index contributed by atoms with van der Waals surface area (Å²) in [5, 5.41) is 0. The van der Waals surface area contributed by atoms with Crippen LogP contribution in [0.5, 0.6) is 5.75 Å². The van der Waals surface area contributed by atoms with E-state index in [-0.39, 0.29) is 17.2 Å². The Morgan fingerprint density at radius 1 is 1.18 bits per heavy atom. The van der Waals surface area contributed by atoms with Gasteiger partial charge in [-0.15, -0.1) is 0 Å². The number of carbonyl (C=O) groups is 1. The summed E-state index contributed by atoms with van der Waals surface area (Å²) in [6.45, 7) is 5.22. The molecular formula is C16H22F2N2O2. The van der Waals surface area contributed by atoms with Gasteiger partial charge in [-0.1, -0.05) is 26.0 Å². The van der Waals surface area contributed by atoms with E-state index in [1.165, 1.54) is 12.1 Å². The van der Waals surface area contributed by atoms with Gasteiger partial charge in [-0.2, -0.15) is 8.78 Å². The number of para-hydroxylation sites is 1. The second-order valence-electron chi connectivity index (χ2n) is 5.86. The molecule has 0 spiro atoms. The SMILES string of the molecule is CC(C)CN1CCN(C(=O)c2ccccc2OC(F)F)CC1. The van der Waals surface area contributed by atoms with E-state index in [0.29, 0.717) is 19.0 Å². The number of benzene rings is 1. The second-order valence-corrected chi connectivity index (χ2v) is 5.86. The van der Waals surface area contributed by atoms with Crippen LogP contribution < -0.4 is 4.74 Å². The summed E-state index contributed by atoms with van der Waals surface area (Å²) < 4.78 is 29.3. The van der Waals surface area contributed by atoms with Crippen LogP contribution in [-0.2, 0) is 0 Å². The molecule has 1 aliphatic rings. The molecule has 1 heterocycles. The fourth-order valence-electron chi connectivity index (χ4n) is 2.66. The first-order chi connectivity index (χ1) is 10.5. The molecule has 122 valence electrons. The number of alkyl halides is 2. The summed E-state index contributed by atoms with van der Waals surface area (Å²) >= 11 is 0. The van der Waals surface area contributed by atoms with Gasteiger partial charge in [0.05, 0.1) is 5.56 Å². The van der Waals surface area contributed by atoms with Crippen molar-refractivity contribution in [1.82, 2.24) is 9.80 Å². The Kier molecular flexibility index (Phi) is 5.71. The molecule has 1 fully saturated rings.